The number of carbonyl (C=O) groups is 2. The van der Waals surface area contributed by atoms with Crippen molar-refractivity contribution in [1.29, 1.82) is 0 Å². The van der Waals surface area contributed by atoms with E-state index in [-0.39, 0.29) is 17.5 Å². The number of pyridine rings is 1. The highest BCUT2D eigenvalue weighted by molar-refractivity contribution is 6.06. The van der Waals surface area contributed by atoms with Gasteiger partial charge < -0.3 is 10.4 Å². The van der Waals surface area contributed by atoms with Crippen LogP contribution < -0.4 is 5.32 Å². The van der Waals surface area contributed by atoms with Crippen molar-refractivity contribution in [3.05, 3.63) is 77.5 Å². The topological polar surface area (TPSA) is 79.3 Å². The molecule has 0 radical (unpaired) electrons. The standard InChI is InChI=1S/C20H15F3N2O3/c21-20(22,23)13-5-3-4-12(10-13)11-17(19(27)28)25-18(26)15-8-9-24-16-7-2-1-6-14(15)16/h1-10,17H,11H2,(H,25,26)(H,27,28)/t17-/m0/s1. The van der Waals surface area contributed by atoms with Gasteiger partial charge in [0.2, 0.25) is 0 Å². The lowest BCUT2D eigenvalue weighted by molar-refractivity contribution is -0.139. The van der Waals surface area contributed by atoms with Crippen LogP contribution in [0, 0.1) is 0 Å². The molecular formula is C20H15F3N2O3. The summed E-state index contributed by atoms with van der Waals surface area (Å²) >= 11 is 0. The number of rotatable bonds is 5. The Labute approximate surface area is 157 Å². The maximum Gasteiger partial charge on any atom is 0.416 e. The van der Waals surface area contributed by atoms with Crippen molar-refractivity contribution in [3.8, 4) is 0 Å². The molecule has 1 aromatic heterocycles. The van der Waals surface area contributed by atoms with Crippen LogP contribution in [-0.4, -0.2) is 28.0 Å². The molecule has 0 fully saturated rings. The molecule has 2 N–H and O–H groups in total. The summed E-state index contributed by atoms with van der Waals surface area (Å²) in [5, 5.41) is 12.4. The largest absolute Gasteiger partial charge is 0.480 e. The van der Waals surface area contributed by atoms with E-state index in [1.165, 1.54) is 24.4 Å². The number of benzene rings is 2. The minimum absolute atomic E-state index is 0.155. The number of para-hydroxylation sites is 1. The quantitative estimate of drug-likeness (QED) is 0.699. The van der Waals surface area contributed by atoms with Crippen LogP contribution in [0.4, 0.5) is 13.2 Å². The molecular weight excluding hydrogens is 373 g/mol. The van der Waals surface area contributed by atoms with Crippen LogP contribution in [0.25, 0.3) is 10.9 Å². The molecule has 5 nitrogen and oxygen atoms in total. The number of halogens is 3. The molecule has 1 heterocycles. The van der Waals surface area contributed by atoms with Gasteiger partial charge in [0.05, 0.1) is 16.6 Å². The summed E-state index contributed by atoms with van der Waals surface area (Å²) < 4.78 is 38.6. The normalized spacial score (nSPS) is 12.5. The van der Waals surface area contributed by atoms with Crippen LogP contribution in [0.3, 0.4) is 0 Å². The number of carboxylic acids is 1. The van der Waals surface area contributed by atoms with Gasteiger partial charge >= 0.3 is 12.1 Å². The molecule has 28 heavy (non-hydrogen) atoms. The molecule has 0 bridgehead atoms. The smallest absolute Gasteiger partial charge is 0.416 e. The fourth-order valence-corrected chi connectivity index (χ4v) is 2.84. The number of carbonyl (C=O) groups excluding carboxylic acids is 1. The molecule has 0 saturated carbocycles. The number of aromatic nitrogens is 1. The van der Waals surface area contributed by atoms with E-state index in [4.69, 9.17) is 0 Å². The van der Waals surface area contributed by atoms with Gasteiger partial charge in [0.1, 0.15) is 6.04 Å². The van der Waals surface area contributed by atoms with E-state index >= 15 is 0 Å². The van der Waals surface area contributed by atoms with Crippen molar-refractivity contribution in [3.63, 3.8) is 0 Å². The summed E-state index contributed by atoms with van der Waals surface area (Å²) in [6.45, 7) is 0. The van der Waals surface area contributed by atoms with Gasteiger partial charge in [0, 0.05) is 18.0 Å². The molecule has 3 aromatic rings. The maximum absolute atomic E-state index is 12.9. The summed E-state index contributed by atoms with van der Waals surface area (Å²) in [6, 6.07) is 11.3. The fourth-order valence-electron chi connectivity index (χ4n) is 2.84. The zero-order valence-corrected chi connectivity index (χ0v) is 14.4. The zero-order chi connectivity index (χ0) is 20.3. The highest BCUT2D eigenvalue weighted by atomic mass is 19.4. The number of aliphatic carboxylic acids is 1. The molecule has 2 aromatic carbocycles. The van der Waals surface area contributed by atoms with Crippen LogP contribution in [0.5, 0.6) is 0 Å². The summed E-state index contributed by atoms with van der Waals surface area (Å²) in [5.74, 6) is -1.98. The van der Waals surface area contributed by atoms with E-state index in [0.29, 0.717) is 10.9 Å². The molecule has 1 atom stereocenters. The molecule has 3 rings (SSSR count). The lowest BCUT2D eigenvalue weighted by atomic mass is 10.0. The average molecular weight is 388 g/mol. The first-order valence-corrected chi connectivity index (χ1v) is 8.29. The third kappa shape index (κ3) is 4.28. The number of carboxylic acid groups (broad SMARTS) is 1. The van der Waals surface area contributed by atoms with Gasteiger partial charge in [-0.15, -0.1) is 0 Å². The summed E-state index contributed by atoms with van der Waals surface area (Å²) in [4.78, 5) is 28.3. The number of fused-ring (bicyclic) bond motifs is 1. The second kappa shape index (κ2) is 7.67. The third-order valence-corrected chi connectivity index (χ3v) is 4.19. The van der Waals surface area contributed by atoms with E-state index in [2.05, 4.69) is 10.3 Å². The Morgan fingerprint density at radius 3 is 2.54 bits per heavy atom. The van der Waals surface area contributed by atoms with Gasteiger partial charge in [-0.25, -0.2) is 4.79 Å². The van der Waals surface area contributed by atoms with Gasteiger partial charge in [0.15, 0.2) is 0 Å². The van der Waals surface area contributed by atoms with E-state index in [9.17, 15) is 27.9 Å². The van der Waals surface area contributed by atoms with Crippen LogP contribution in [0.2, 0.25) is 0 Å². The third-order valence-electron chi connectivity index (χ3n) is 4.19. The van der Waals surface area contributed by atoms with Gasteiger partial charge in [0.25, 0.3) is 5.91 Å². The van der Waals surface area contributed by atoms with Crippen molar-refractivity contribution in [2.75, 3.05) is 0 Å². The Kier molecular flexibility index (Phi) is 5.30. The summed E-state index contributed by atoms with van der Waals surface area (Å²) in [5.41, 5.74) is 0.0866. The Morgan fingerprint density at radius 1 is 1.07 bits per heavy atom. The number of alkyl halides is 3. The second-order valence-electron chi connectivity index (χ2n) is 6.14. The number of nitrogens with one attached hydrogen (secondary N) is 1. The van der Waals surface area contributed by atoms with E-state index < -0.39 is 29.7 Å². The lowest BCUT2D eigenvalue weighted by Gasteiger charge is -2.16. The van der Waals surface area contributed by atoms with Crippen molar-refractivity contribution < 1.29 is 27.9 Å². The number of hydrogen-bond acceptors (Lipinski definition) is 3. The molecule has 0 saturated heterocycles. The first-order valence-electron chi connectivity index (χ1n) is 8.29. The molecule has 0 aliphatic rings. The Hall–Kier alpha value is -3.42. The highest BCUT2D eigenvalue weighted by Crippen LogP contribution is 2.29. The van der Waals surface area contributed by atoms with Gasteiger partial charge in [-0.3, -0.25) is 9.78 Å². The van der Waals surface area contributed by atoms with Crippen molar-refractivity contribution in [2.45, 2.75) is 18.6 Å². The maximum atomic E-state index is 12.9. The monoisotopic (exact) mass is 388 g/mol. The van der Waals surface area contributed by atoms with Crippen LogP contribution in [-0.2, 0) is 17.4 Å². The molecule has 0 spiro atoms. The lowest BCUT2D eigenvalue weighted by Crippen LogP contribution is -2.42. The zero-order valence-electron chi connectivity index (χ0n) is 14.4. The molecule has 0 aliphatic carbocycles. The van der Waals surface area contributed by atoms with Crippen molar-refractivity contribution in [2.24, 2.45) is 0 Å². The first-order chi connectivity index (χ1) is 13.3. The molecule has 144 valence electrons. The highest BCUT2D eigenvalue weighted by Gasteiger charge is 2.31. The number of nitrogens with zero attached hydrogens (tertiary/aromatic N) is 1. The molecule has 1 amide bonds. The van der Waals surface area contributed by atoms with Gasteiger partial charge in [-0.05, 0) is 23.8 Å². The second-order valence-corrected chi connectivity index (χ2v) is 6.14. The number of amides is 1. The first kappa shape index (κ1) is 19.3. The van der Waals surface area contributed by atoms with Gasteiger partial charge in [-0.2, -0.15) is 13.2 Å². The Bertz CT molecular complexity index is 1030. The summed E-state index contributed by atoms with van der Waals surface area (Å²) in [7, 11) is 0. The fraction of sp³-hybridized carbons (Fsp3) is 0.150. The minimum Gasteiger partial charge on any atom is -0.480 e. The Balaban J connectivity index is 1.84. The van der Waals surface area contributed by atoms with Gasteiger partial charge in [-0.1, -0.05) is 36.4 Å². The predicted molar refractivity (Wildman–Crippen MR) is 95.8 cm³/mol. The van der Waals surface area contributed by atoms with E-state index in [1.807, 2.05) is 0 Å². The van der Waals surface area contributed by atoms with Crippen molar-refractivity contribution in [1.82, 2.24) is 10.3 Å². The summed E-state index contributed by atoms with van der Waals surface area (Å²) in [6.07, 6.45) is -3.39. The van der Waals surface area contributed by atoms with Crippen molar-refractivity contribution >= 4 is 22.8 Å². The molecule has 8 heteroatoms. The van der Waals surface area contributed by atoms with E-state index in [0.717, 1.165) is 12.1 Å². The number of hydrogen-bond donors (Lipinski definition) is 2. The predicted octanol–water partition coefficient (Wildman–Crippen LogP) is 3.68. The van der Waals surface area contributed by atoms with Crippen LogP contribution in [0.1, 0.15) is 21.5 Å². The molecule has 0 unspecified atom stereocenters. The molecule has 0 aliphatic heterocycles. The van der Waals surface area contributed by atoms with Crippen LogP contribution in [0.15, 0.2) is 60.8 Å². The Morgan fingerprint density at radius 2 is 1.82 bits per heavy atom. The van der Waals surface area contributed by atoms with E-state index in [1.54, 1.807) is 24.3 Å². The SMILES string of the molecule is O=C(N[C@@H](Cc1cccc(C(F)(F)F)c1)C(=O)O)c1ccnc2ccccc12. The minimum atomic E-state index is -4.53. The van der Waals surface area contributed by atoms with Crippen LogP contribution >= 0.6 is 0 Å². The average Bonchev–Trinajstić information content (AvgIpc) is 2.66.